The smallest absolute Gasteiger partial charge is 0.391 e. The quantitative estimate of drug-likeness (QED) is 0.774. The average molecular weight is 223 g/mol. The van der Waals surface area contributed by atoms with E-state index < -0.39 is 18.0 Å². The third-order valence-corrected chi connectivity index (χ3v) is 1.98. The van der Waals surface area contributed by atoms with E-state index in [1.54, 1.807) is 0 Å². The molecule has 1 unspecified atom stereocenters. The number of rotatable bonds is 3. The van der Waals surface area contributed by atoms with Gasteiger partial charge in [0.25, 0.3) is 0 Å². The lowest BCUT2D eigenvalue weighted by Gasteiger charge is -2.06. The van der Waals surface area contributed by atoms with Gasteiger partial charge >= 0.3 is 6.18 Å². The number of hydrogen-bond acceptors (Lipinski definition) is 3. The van der Waals surface area contributed by atoms with Crippen LogP contribution in [0, 0.1) is 0 Å². The molecule has 15 heavy (non-hydrogen) atoms. The molecule has 1 aromatic heterocycles. The van der Waals surface area contributed by atoms with Crippen molar-refractivity contribution >= 4 is 0 Å². The fourth-order valence-electron chi connectivity index (χ4n) is 1.16. The first-order valence-electron chi connectivity index (χ1n) is 4.33. The Morgan fingerprint density at radius 3 is 2.60 bits per heavy atom. The summed E-state index contributed by atoms with van der Waals surface area (Å²) in [5.41, 5.74) is 4.51. The number of halogens is 3. The first-order valence-corrected chi connectivity index (χ1v) is 4.33. The molecule has 0 aromatic carbocycles. The number of aliphatic hydroxyl groups excluding tert-OH is 1. The van der Waals surface area contributed by atoms with Crippen LogP contribution in [0.5, 0.6) is 0 Å². The lowest BCUT2D eigenvalue weighted by molar-refractivity contribution is -0.141. The van der Waals surface area contributed by atoms with Crippen molar-refractivity contribution in [2.45, 2.75) is 18.7 Å². The number of aryl methyl sites for hydroxylation is 1. The van der Waals surface area contributed by atoms with E-state index in [0.29, 0.717) is 5.69 Å². The molecule has 0 aliphatic carbocycles. The Labute approximate surface area is 84.5 Å². The molecule has 0 fully saturated rings. The minimum absolute atomic E-state index is 0.00648. The first kappa shape index (κ1) is 12.0. The summed E-state index contributed by atoms with van der Waals surface area (Å²) in [6, 6.07) is 0.916. The predicted octanol–water partition coefficient (Wildman–Crippen LogP) is 0.301. The summed E-state index contributed by atoms with van der Waals surface area (Å²) in [5, 5.41) is 12.5. The van der Waals surface area contributed by atoms with E-state index in [1.807, 2.05) is 0 Å². The van der Waals surface area contributed by atoms with E-state index in [0.717, 1.165) is 10.7 Å². The number of aliphatic hydroxyl groups is 1. The van der Waals surface area contributed by atoms with Crippen LogP contribution in [-0.2, 0) is 19.6 Å². The van der Waals surface area contributed by atoms with E-state index in [1.165, 1.54) is 7.05 Å². The van der Waals surface area contributed by atoms with Gasteiger partial charge < -0.3 is 10.8 Å². The molecule has 0 aliphatic rings. The fraction of sp³-hybridized carbons (Fsp3) is 0.625. The van der Waals surface area contributed by atoms with Crippen LogP contribution in [0.1, 0.15) is 11.4 Å². The Morgan fingerprint density at radius 1 is 1.60 bits per heavy atom. The van der Waals surface area contributed by atoms with E-state index in [2.05, 4.69) is 5.10 Å². The lowest BCUT2D eigenvalue weighted by atomic mass is 10.2. The van der Waals surface area contributed by atoms with Crippen LogP contribution < -0.4 is 5.73 Å². The van der Waals surface area contributed by atoms with Gasteiger partial charge in [0.2, 0.25) is 0 Å². The zero-order valence-corrected chi connectivity index (χ0v) is 8.12. The zero-order chi connectivity index (χ0) is 11.6. The monoisotopic (exact) mass is 223 g/mol. The Morgan fingerprint density at radius 2 is 2.20 bits per heavy atom. The molecule has 0 saturated carbocycles. The van der Waals surface area contributed by atoms with E-state index in [9.17, 15) is 18.3 Å². The van der Waals surface area contributed by atoms with Gasteiger partial charge in [-0.1, -0.05) is 0 Å². The topological polar surface area (TPSA) is 64.1 Å². The van der Waals surface area contributed by atoms with E-state index in [4.69, 9.17) is 5.73 Å². The molecule has 1 atom stereocenters. The van der Waals surface area contributed by atoms with Crippen molar-refractivity contribution < 1.29 is 18.3 Å². The second-order valence-corrected chi connectivity index (χ2v) is 3.24. The second kappa shape index (κ2) is 4.19. The molecule has 3 N–H and O–H groups in total. The van der Waals surface area contributed by atoms with E-state index >= 15 is 0 Å². The molecule has 0 saturated heterocycles. The molecule has 7 heteroatoms. The Bertz CT molecular complexity index is 334. The molecule has 0 amide bonds. The predicted molar refractivity (Wildman–Crippen MR) is 47.0 cm³/mol. The van der Waals surface area contributed by atoms with Gasteiger partial charge in [0.15, 0.2) is 5.69 Å². The first-order chi connectivity index (χ1) is 6.84. The van der Waals surface area contributed by atoms with Gasteiger partial charge in [0, 0.05) is 25.7 Å². The Balaban J connectivity index is 2.87. The molecule has 0 bridgehead atoms. The summed E-state index contributed by atoms with van der Waals surface area (Å²) in [4.78, 5) is 0. The average Bonchev–Trinajstić information content (AvgIpc) is 2.47. The Hall–Kier alpha value is -1.08. The van der Waals surface area contributed by atoms with E-state index in [-0.39, 0.29) is 13.0 Å². The fourth-order valence-corrected chi connectivity index (χ4v) is 1.16. The molecule has 0 aliphatic heterocycles. The third kappa shape index (κ3) is 2.93. The maximum Gasteiger partial charge on any atom is 0.435 e. The van der Waals surface area contributed by atoms with Crippen molar-refractivity contribution in [2.75, 3.05) is 6.54 Å². The number of hydrogen-bond donors (Lipinski definition) is 2. The summed E-state index contributed by atoms with van der Waals surface area (Å²) in [5.74, 6) is 0. The van der Waals surface area contributed by atoms with Crippen molar-refractivity contribution in [2.24, 2.45) is 12.8 Å². The number of nitrogens with two attached hydrogens (primary N) is 1. The molecule has 1 rings (SSSR count). The molecule has 0 radical (unpaired) electrons. The highest BCUT2D eigenvalue weighted by molar-refractivity contribution is 5.13. The lowest BCUT2D eigenvalue weighted by Crippen LogP contribution is -2.23. The molecular formula is C8H12F3N3O. The third-order valence-electron chi connectivity index (χ3n) is 1.98. The number of alkyl halides is 3. The standard InChI is InChI=1S/C8H12F3N3O/c1-14-5(2-6(15)4-12)3-7(13-14)8(9,10)11/h3,6,15H,2,4,12H2,1H3. The molecule has 0 spiro atoms. The summed E-state index contributed by atoms with van der Waals surface area (Å²) in [7, 11) is 1.40. The molecule has 1 aromatic rings. The largest absolute Gasteiger partial charge is 0.435 e. The van der Waals surface area contributed by atoms with Crippen molar-refractivity contribution in [3.8, 4) is 0 Å². The highest BCUT2D eigenvalue weighted by Gasteiger charge is 2.34. The normalized spacial score (nSPS) is 14.3. The van der Waals surface area contributed by atoms with Crippen LogP contribution in [0.3, 0.4) is 0 Å². The van der Waals surface area contributed by atoms with Gasteiger partial charge in [0.05, 0.1) is 6.10 Å². The van der Waals surface area contributed by atoms with Crippen molar-refractivity contribution in [3.63, 3.8) is 0 Å². The molecule has 86 valence electrons. The SMILES string of the molecule is Cn1nc(C(F)(F)F)cc1CC(O)CN. The zero-order valence-electron chi connectivity index (χ0n) is 8.12. The van der Waals surface area contributed by atoms with Gasteiger partial charge in [-0.05, 0) is 6.07 Å². The van der Waals surface area contributed by atoms with Crippen LogP contribution >= 0.6 is 0 Å². The molecule has 1 heterocycles. The van der Waals surface area contributed by atoms with Crippen LogP contribution in [-0.4, -0.2) is 27.5 Å². The maximum absolute atomic E-state index is 12.2. The summed E-state index contributed by atoms with van der Waals surface area (Å²) in [6.07, 6.45) is -5.23. The molecule has 4 nitrogen and oxygen atoms in total. The van der Waals surface area contributed by atoms with Crippen LogP contribution in [0.4, 0.5) is 13.2 Å². The van der Waals surface area contributed by atoms with Crippen LogP contribution in [0.2, 0.25) is 0 Å². The van der Waals surface area contributed by atoms with Gasteiger partial charge in [0.1, 0.15) is 0 Å². The second-order valence-electron chi connectivity index (χ2n) is 3.24. The van der Waals surface area contributed by atoms with Gasteiger partial charge in [-0.25, -0.2) is 0 Å². The maximum atomic E-state index is 12.2. The number of aromatic nitrogens is 2. The summed E-state index contributed by atoms with van der Waals surface area (Å²) in [6.45, 7) is 0.00648. The Kier molecular flexibility index (Phi) is 3.35. The number of nitrogens with zero attached hydrogens (tertiary/aromatic N) is 2. The van der Waals surface area contributed by atoms with Gasteiger partial charge in [-0.15, -0.1) is 0 Å². The van der Waals surface area contributed by atoms with Crippen molar-refractivity contribution in [1.29, 1.82) is 0 Å². The molecular weight excluding hydrogens is 211 g/mol. The minimum atomic E-state index is -4.45. The van der Waals surface area contributed by atoms with Gasteiger partial charge in [-0.2, -0.15) is 18.3 Å². The highest BCUT2D eigenvalue weighted by Crippen LogP contribution is 2.28. The van der Waals surface area contributed by atoms with Crippen molar-refractivity contribution in [3.05, 3.63) is 17.5 Å². The highest BCUT2D eigenvalue weighted by atomic mass is 19.4. The summed E-state index contributed by atoms with van der Waals surface area (Å²) < 4.78 is 37.8. The van der Waals surface area contributed by atoms with Gasteiger partial charge in [-0.3, -0.25) is 4.68 Å². The van der Waals surface area contributed by atoms with Crippen molar-refractivity contribution in [1.82, 2.24) is 9.78 Å². The van der Waals surface area contributed by atoms with Crippen LogP contribution in [0.25, 0.3) is 0 Å². The van der Waals surface area contributed by atoms with Crippen LogP contribution in [0.15, 0.2) is 6.07 Å². The summed E-state index contributed by atoms with van der Waals surface area (Å²) >= 11 is 0. The minimum Gasteiger partial charge on any atom is -0.391 e.